The molecule has 102 valence electrons. The van der Waals surface area contributed by atoms with Crippen LogP contribution in [0.1, 0.15) is 27.6 Å². The van der Waals surface area contributed by atoms with E-state index in [4.69, 9.17) is 9.47 Å². The quantitative estimate of drug-likeness (QED) is 0.633. The SMILES string of the molecule is CCOC(=O)c1cccc(C(=O)Oc2ccccc2)c1. The summed E-state index contributed by atoms with van der Waals surface area (Å²) >= 11 is 0. The van der Waals surface area contributed by atoms with Gasteiger partial charge in [-0.05, 0) is 37.3 Å². The molecule has 0 amide bonds. The monoisotopic (exact) mass is 270 g/mol. The summed E-state index contributed by atoms with van der Waals surface area (Å²) in [6.07, 6.45) is 0. The molecule has 0 saturated heterocycles. The molecule has 0 heterocycles. The molecule has 0 N–H and O–H groups in total. The Morgan fingerprint density at radius 2 is 1.55 bits per heavy atom. The molecule has 0 spiro atoms. The van der Waals surface area contributed by atoms with E-state index in [1.165, 1.54) is 6.07 Å². The molecule has 0 bridgehead atoms. The second-order valence-electron chi connectivity index (χ2n) is 4.00. The number of carbonyl (C=O) groups is 2. The topological polar surface area (TPSA) is 52.6 Å². The molecule has 0 fully saturated rings. The average molecular weight is 270 g/mol. The van der Waals surface area contributed by atoms with Crippen molar-refractivity contribution in [1.82, 2.24) is 0 Å². The first-order valence-electron chi connectivity index (χ1n) is 6.25. The molecular weight excluding hydrogens is 256 g/mol. The van der Waals surface area contributed by atoms with Crippen LogP contribution >= 0.6 is 0 Å². The van der Waals surface area contributed by atoms with Gasteiger partial charge in [0.25, 0.3) is 0 Å². The van der Waals surface area contributed by atoms with Crippen LogP contribution in [0, 0.1) is 0 Å². The maximum atomic E-state index is 12.0. The summed E-state index contributed by atoms with van der Waals surface area (Å²) in [4.78, 5) is 23.6. The van der Waals surface area contributed by atoms with Crippen molar-refractivity contribution in [2.45, 2.75) is 6.92 Å². The first-order valence-corrected chi connectivity index (χ1v) is 6.25. The van der Waals surface area contributed by atoms with Crippen LogP contribution in [0.15, 0.2) is 54.6 Å². The number of para-hydroxylation sites is 1. The van der Waals surface area contributed by atoms with Gasteiger partial charge in [0.2, 0.25) is 0 Å². The van der Waals surface area contributed by atoms with E-state index in [9.17, 15) is 9.59 Å². The Labute approximate surface area is 116 Å². The van der Waals surface area contributed by atoms with Crippen LogP contribution in [0.4, 0.5) is 0 Å². The first-order chi connectivity index (χ1) is 9.70. The Morgan fingerprint density at radius 3 is 2.20 bits per heavy atom. The minimum absolute atomic E-state index is 0.289. The van der Waals surface area contributed by atoms with Crippen LogP contribution in [0.3, 0.4) is 0 Å². The fourth-order valence-electron chi connectivity index (χ4n) is 1.64. The molecule has 0 aliphatic carbocycles. The molecule has 0 saturated carbocycles. The van der Waals surface area contributed by atoms with Gasteiger partial charge in [0.1, 0.15) is 5.75 Å². The molecule has 4 nitrogen and oxygen atoms in total. The molecule has 4 heteroatoms. The number of carbonyl (C=O) groups excluding carboxylic acids is 2. The molecular formula is C16H14O4. The average Bonchev–Trinajstić information content (AvgIpc) is 2.48. The van der Waals surface area contributed by atoms with Crippen LogP contribution < -0.4 is 4.74 Å². The number of hydrogen-bond acceptors (Lipinski definition) is 4. The van der Waals surface area contributed by atoms with E-state index >= 15 is 0 Å². The predicted molar refractivity (Wildman–Crippen MR) is 73.8 cm³/mol. The van der Waals surface area contributed by atoms with Crippen molar-refractivity contribution in [2.24, 2.45) is 0 Å². The summed E-state index contributed by atoms with van der Waals surface area (Å²) in [5.74, 6) is -0.511. The van der Waals surface area contributed by atoms with Crippen LogP contribution in [0.5, 0.6) is 5.75 Å². The minimum atomic E-state index is -0.512. The van der Waals surface area contributed by atoms with E-state index in [1.54, 1.807) is 49.4 Å². The van der Waals surface area contributed by atoms with Crippen LogP contribution in [-0.4, -0.2) is 18.5 Å². The lowest BCUT2D eigenvalue weighted by molar-refractivity contribution is 0.0526. The third-order valence-corrected chi connectivity index (χ3v) is 2.56. The molecule has 2 aromatic carbocycles. The fraction of sp³-hybridized carbons (Fsp3) is 0.125. The predicted octanol–water partition coefficient (Wildman–Crippen LogP) is 3.08. The van der Waals surface area contributed by atoms with E-state index in [0.717, 1.165) is 0 Å². The summed E-state index contributed by atoms with van der Waals surface area (Å²) in [6, 6.07) is 15.0. The summed E-state index contributed by atoms with van der Waals surface area (Å²) in [7, 11) is 0. The zero-order valence-corrected chi connectivity index (χ0v) is 11.0. The molecule has 0 atom stereocenters. The highest BCUT2D eigenvalue weighted by atomic mass is 16.5. The van der Waals surface area contributed by atoms with Crippen molar-refractivity contribution in [3.8, 4) is 5.75 Å². The van der Waals surface area contributed by atoms with Gasteiger partial charge < -0.3 is 9.47 Å². The van der Waals surface area contributed by atoms with Gasteiger partial charge in [-0.2, -0.15) is 0 Å². The fourth-order valence-corrected chi connectivity index (χ4v) is 1.64. The zero-order chi connectivity index (χ0) is 14.4. The van der Waals surface area contributed by atoms with Crippen molar-refractivity contribution in [3.05, 3.63) is 65.7 Å². The second kappa shape index (κ2) is 6.52. The maximum Gasteiger partial charge on any atom is 0.343 e. The Bertz CT molecular complexity index is 605. The van der Waals surface area contributed by atoms with Crippen molar-refractivity contribution in [2.75, 3.05) is 6.61 Å². The summed E-state index contributed by atoms with van der Waals surface area (Å²) in [6.45, 7) is 2.02. The molecule has 20 heavy (non-hydrogen) atoms. The Morgan fingerprint density at radius 1 is 0.900 bits per heavy atom. The third-order valence-electron chi connectivity index (χ3n) is 2.56. The van der Waals surface area contributed by atoms with E-state index in [1.807, 2.05) is 6.07 Å². The highest BCUT2D eigenvalue weighted by molar-refractivity contribution is 5.96. The van der Waals surface area contributed by atoms with Gasteiger partial charge in [-0.15, -0.1) is 0 Å². The number of rotatable bonds is 4. The zero-order valence-electron chi connectivity index (χ0n) is 11.0. The summed E-state index contributed by atoms with van der Waals surface area (Å²) in [5, 5.41) is 0. The normalized spacial score (nSPS) is 9.85. The highest BCUT2D eigenvalue weighted by Crippen LogP contribution is 2.13. The molecule has 0 aliphatic rings. The van der Waals surface area contributed by atoms with Gasteiger partial charge in [-0.1, -0.05) is 24.3 Å². The van der Waals surface area contributed by atoms with E-state index in [2.05, 4.69) is 0 Å². The van der Waals surface area contributed by atoms with Crippen molar-refractivity contribution in [3.63, 3.8) is 0 Å². The molecule has 2 rings (SSSR count). The van der Waals surface area contributed by atoms with Crippen molar-refractivity contribution in [1.29, 1.82) is 0 Å². The van der Waals surface area contributed by atoms with Gasteiger partial charge in [0.05, 0.1) is 17.7 Å². The lowest BCUT2D eigenvalue weighted by Gasteiger charge is -2.06. The van der Waals surface area contributed by atoms with Gasteiger partial charge in [0.15, 0.2) is 0 Å². The van der Waals surface area contributed by atoms with Crippen LogP contribution in [-0.2, 0) is 4.74 Å². The van der Waals surface area contributed by atoms with E-state index in [0.29, 0.717) is 16.9 Å². The van der Waals surface area contributed by atoms with Crippen molar-refractivity contribution >= 4 is 11.9 Å². The maximum absolute atomic E-state index is 12.0. The third kappa shape index (κ3) is 3.45. The largest absolute Gasteiger partial charge is 0.462 e. The Balaban J connectivity index is 2.14. The molecule has 0 unspecified atom stereocenters. The van der Waals surface area contributed by atoms with Crippen molar-refractivity contribution < 1.29 is 19.1 Å². The number of hydrogen-bond donors (Lipinski definition) is 0. The standard InChI is InChI=1S/C16H14O4/c1-2-19-15(17)12-7-6-8-13(11-12)16(18)20-14-9-4-3-5-10-14/h3-11H,2H2,1H3. The van der Waals surface area contributed by atoms with Gasteiger partial charge in [0, 0.05) is 0 Å². The molecule has 2 aromatic rings. The van der Waals surface area contributed by atoms with Gasteiger partial charge in [-0.3, -0.25) is 0 Å². The molecule has 0 radical (unpaired) electrons. The lowest BCUT2D eigenvalue weighted by atomic mass is 10.1. The second-order valence-corrected chi connectivity index (χ2v) is 4.00. The van der Waals surface area contributed by atoms with Crippen LogP contribution in [0.25, 0.3) is 0 Å². The van der Waals surface area contributed by atoms with E-state index in [-0.39, 0.29) is 6.61 Å². The molecule has 0 aromatic heterocycles. The first kappa shape index (κ1) is 13.8. The number of benzene rings is 2. The van der Waals surface area contributed by atoms with Gasteiger partial charge in [-0.25, -0.2) is 9.59 Å². The highest BCUT2D eigenvalue weighted by Gasteiger charge is 2.12. The summed E-state index contributed by atoms with van der Waals surface area (Å²) in [5.41, 5.74) is 0.633. The number of esters is 2. The minimum Gasteiger partial charge on any atom is -0.462 e. The Kier molecular flexibility index (Phi) is 4.50. The smallest absolute Gasteiger partial charge is 0.343 e. The number of ether oxygens (including phenoxy) is 2. The summed E-state index contributed by atoms with van der Waals surface area (Å²) < 4.78 is 10.1. The van der Waals surface area contributed by atoms with E-state index < -0.39 is 11.9 Å². The van der Waals surface area contributed by atoms with Crippen LogP contribution in [0.2, 0.25) is 0 Å². The lowest BCUT2D eigenvalue weighted by Crippen LogP contribution is -2.11. The van der Waals surface area contributed by atoms with Gasteiger partial charge >= 0.3 is 11.9 Å². The Hall–Kier alpha value is -2.62. The molecule has 0 aliphatic heterocycles.